The number of hydrogen-bond donors (Lipinski definition) is 1. The first-order valence-electron chi connectivity index (χ1n) is 7.28. The van der Waals surface area contributed by atoms with E-state index in [0.29, 0.717) is 13.2 Å². The summed E-state index contributed by atoms with van der Waals surface area (Å²) in [5.74, 6) is 0. The molecule has 1 atom stereocenters. The summed E-state index contributed by atoms with van der Waals surface area (Å²) in [6, 6.07) is 9.43. The largest absolute Gasteiger partial charge is 0.379 e. The zero-order valence-electron chi connectivity index (χ0n) is 12.0. The summed E-state index contributed by atoms with van der Waals surface area (Å²) in [5, 5.41) is 3.52. The molecule has 0 bridgehead atoms. The van der Waals surface area contributed by atoms with E-state index in [2.05, 4.69) is 29.6 Å². The fraction of sp³-hybridized carbons (Fsp3) is 0.625. The van der Waals surface area contributed by atoms with Crippen LogP contribution < -0.4 is 5.32 Å². The molecule has 0 saturated heterocycles. The lowest BCUT2D eigenvalue weighted by atomic mass is 10.1. The van der Waals surface area contributed by atoms with Crippen LogP contribution in [0.3, 0.4) is 0 Å². The van der Waals surface area contributed by atoms with Crippen molar-refractivity contribution in [1.82, 2.24) is 5.32 Å². The Morgan fingerprint density at radius 1 is 1.21 bits per heavy atom. The lowest BCUT2D eigenvalue weighted by Crippen LogP contribution is -2.16. The van der Waals surface area contributed by atoms with E-state index in [4.69, 9.17) is 9.47 Å². The fourth-order valence-corrected chi connectivity index (χ4v) is 1.87. The predicted octanol–water partition coefficient (Wildman–Crippen LogP) is 2.88. The maximum atomic E-state index is 5.74. The first kappa shape index (κ1) is 14.5. The van der Waals surface area contributed by atoms with E-state index in [1.807, 2.05) is 13.8 Å². The fourth-order valence-electron chi connectivity index (χ4n) is 1.87. The van der Waals surface area contributed by atoms with Crippen molar-refractivity contribution >= 4 is 0 Å². The van der Waals surface area contributed by atoms with E-state index in [1.165, 1.54) is 24.0 Å². The number of ether oxygens (including phenoxy) is 2. The van der Waals surface area contributed by atoms with E-state index in [9.17, 15) is 0 Å². The van der Waals surface area contributed by atoms with Crippen LogP contribution in [0, 0.1) is 0 Å². The molecule has 1 fully saturated rings. The van der Waals surface area contributed by atoms with Gasteiger partial charge in [-0.2, -0.15) is 0 Å². The smallest absolute Gasteiger partial charge is 0.0785 e. The van der Waals surface area contributed by atoms with Gasteiger partial charge in [-0.1, -0.05) is 24.3 Å². The molecule has 106 valence electrons. The van der Waals surface area contributed by atoms with Crippen LogP contribution >= 0.6 is 0 Å². The molecule has 2 rings (SSSR count). The lowest BCUT2D eigenvalue weighted by Gasteiger charge is -2.13. The summed E-state index contributed by atoms with van der Waals surface area (Å²) < 4.78 is 11.1. The van der Waals surface area contributed by atoms with Crippen LogP contribution in [-0.2, 0) is 22.6 Å². The molecule has 1 aromatic rings. The second-order valence-electron chi connectivity index (χ2n) is 5.25. The van der Waals surface area contributed by atoms with Crippen LogP contribution in [-0.4, -0.2) is 25.4 Å². The standard InChI is InChI=1S/C16H25NO2/c1-3-18-11-13(2)19-12-15-6-4-14(5-7-15)10-17-16-8-9-16/h4-7,13,16-17H,3,8-12H2,1-2H3. The highest BCUT2D eigenvalue weighted by Gasteiger charge is 2.19. The molecule has 0 aliphatic heterocycles. The van der Waals surface area contributed by atoms with Gasteiger partial charge >= 0.3 is 0 Å². The van der Waals surface area contributed by atoms with Crippen LogP contribution in [0.25, 0.3) is 0 Å². The van der Waals surface area contributed by atoms with Crippen LogP contribution in [0.4, 0.5) is 0 Å². The van der Waals surface area contributed by atoms with E-state index >= 15 is 0 Å². The van der Waals surface area contributed by atoms with E-state index in [-0.39, 0.29) is 6.10 Å². The molecule has 1 saturated carbocycles. The van der Waals surface area contributed by atoms with E-state index < -0.39 is 0 Å². The normalized spacial score (nSPS) is 16.5. The van der Waals surface area contributed by atoms with Gasteiger partial charge in [-0.15, -0.1) is 0 Å². The van der Waals surface area contributed by atoms with Gasteiger partial charge in [0.15, 0.2) is 0 Å². The maximum Gasteiger partial charge on any atom is 0.0785 e. The number of hydrogen-bond acceptors (Lipinski definition) is 3. The average molecular weight is 263 g/mol. The molecule has 1 aromatic carbocycles. The number of benzene rings is 1. The first-order valence-corrected chi connectivity index (χ1v) is 7.28. The van der Waals surface area contributed by atoms with Crippen LogP contribution in [0.5, 0.6) is 0 Å². The second kappa shape index (κ2) is 7.63. The molecule has 1 aliphatic carbocycles. The maximum absolute atomic E-state index is 5.74. The number of nitrogens with one attached hydrogen (secondary N) is 1. The molecule has 0 aromatic heterocycles. The van der Waals surface area contributed by atoms with Crippen molar-refractivity contribution in [1.29, 1.82) is 0 Å². The molecular weight excluding hydrogens is 238 g/mol. The highest BCUT2D eigenvalue weighted by Crippen LogP contribution is 2.19. The zero-order chi connectivity index (χ0) is 13.5. The van der Waals surface area contributed by atoms with Gasteiger partial charge in [0.1, 0.15) is 0 Å². The van der Waals surface area contributed by atoms with Gasteiger partial charge in [-0.3, -0.25) is 0 Å². The third-order valence-corrected chi connectivity index (χ3v) is 3.29. The highest BCUT2D eigenvalue weighted by molar-refractivity contribution is 5.22. The Kier molecular flexibility index (Phi) is 5.83. The van der Waals surface area contributed by atoms with Gasteiger partial charge in [0.25, 0.3) is 0 Å². The van der Waals surface area contributed by atoms with Crippen molar-refractivity contribution in [2.45, 2.75) is 52.0 Å². The van der Waals surface area contributed by atoms with Gasteiger partial charge in [-0.05, 0) is 37.8 Å². The van der Waals surface area contributed by atoms with Crippen LogP contribution in [0.1, 0.15) is 37.8 Å². The molecule has 1 aliphatic rings. The molecule has 0 spiro atoms. The predicted molar refractivity (Wildman–Crippen MR) is 77.0 cm³/mol. The number of rotatable bonds is 9. The summed E-state index contributed by atoms with van der Waals surface area (Å²) in [4.78, 5) is 0. The van der Waals surface area contributed by atoms with Crippen molar-refractivity contribution in [3.63, 3.8) is 0 Å². The molecule has 19 heavy (non-hydrogen) atoms. The lowest BCUT2D eigenvalue weighted by molar-refractivity contribution is -0.0116. The van der Waals surface area contributed by atoms with Crippen molar-refractivity contribution in [2.24, 2.45) is 0 Å². The minimum Gasteiger partial charge on any atom is -0.379 e. The van der Waals surface area contributed by atoms with Crippen LogP contribution in [0.15, 0.2) is 24.3 Å². The Balaban J connectivity index is 1.68. The van der Waals surface area contributed by atoms with Gasteiger partial charge in [0, 0.05) is 19.2 Å². The van der Waals surface area contributed by atoms with Gasteiger partial charge in [0.05, 0.1) is 19.3 Å². The Labute approximate surface area is 116 Å². The minimum atomic E-state index is 0.149. The van der Waals surface area contributed by atoms with Gasteiger partial charge < -0.3 is 14.8 Å². The van der Waals surface area contributed by atoms with Crippen LogP contribution in [0.2, 0.25) is 0 Å². The molecule has 0 heterocycles. The van der Waals surface area contributed by atoms with E-state index in [0.717, 1.165) is 19.2 Å². The molecule has 3 nitrogen and oxygen atoms in total. The monoisotopic (exact) mass is 263 g/mol. The molecule has 1 N–H and O–H groups in total. The molecule has 0 radical (unpaired) electrons. The summed E-state index contributed by atoms with van der Waals surface area (Å²) >= 11 is 0. The molecule has 1 unspecified atom stereocenters. The highest BCUT2D eigenvalue weighted by atomic mass is 16.5. The molecule has 3 heteroatoms. The SMILES string of the molecule is CCOCC(C)OCc1ccc(CNC2CC2)cc1. The topological polar surface area (TPSA) is 30.5 Å². The quantitative estimate of drug-likeness (QED) is 0.743. The third kappa shape index (κ3) is 5.72. The van der Waals surface area contributed by atoms with Gasteiger partial charge in [-0.25, -0.2) is 0 Å². The van der Waals surface area contributed by atoms with Crippen molar-refractivity contribution in [3.8, 4) is 0 Å². The Morgan fingerprint density at radius 2 is 1.89 bits per heavy atom. The summed E-state index contributed by atoms with van der Waals surface area (Å²) in [6.07, 6.45) is 2.82. The summed E-state index contributed by atoms with van der Waals surface area (Å²) in [7, 11) is 0. The van der Waals surface area contributed by atoms with Crippen molar-refractivity contribution < 1.29 is 9.47 Å². The van der Waals surface area contributed by atoms with Gasteiger partial charge in [0.2, 0.25) is 0 Å². The molecular formula is C16H25NO2. The Hall–Kier alpha value is -0.900. The van der Waals surface area contributed by atoms with E-state index in [1.54, 1.807) is 0 Å². The third-order valence-electron chi connectivity index (χ3n) is 3.29. The Morgan fingerprint density at radius 3 is 2.53 bits per heavy atom. The van der Waals surface area contributed by atoms with Crippen molar-refractivity contribution in [2.75, 3.05) is 13.2 Å². The molecule has 0 amide bonds. The van der Waals surface area contributed by atoms with Crippen molar-refractivity contribution in [3.05, 3.63) is 35.4 Å². The first-order chi connectivity index (χ1) is 9.28. The average Bonchev–Trinajstić information content (AvgIpc) is 3.26. The summed E-state index contributed by atoms with van der Waals surface area (Å²) in [5.41, 5.74) is 2.57. The summed E-state index contributed by atoms with van der Waals surface area (Å²) in [6.45, 7) is 7.10. The minimum absolute atomic E-state index is 0.149. The Bertz CT molecular complexity index is 360. The zero-order valence-corrected chi connectivity index (χ0v) is 12.0. The second-order valence-corrected chi connectivity index (χ2v) is 5.25.